The first-order valence-electron chi connectivity index (χ1n) is 25.2. The number of nitro benzene ring substituents is 1. The van der Waals surface area contributed by atoms with E-state index in [9.17, 15) is 10.1 Å². The Morgan fingerprint density at radius 1 is 0.487 bits per heavy atom. The van der Waals surface area contributed by atoms with Gasteiger partial charge in [0.2, 0.25) is 0 Å². The van der Waals surface area contributed by atoms with Gasteiger partial charge in [0.25, 0.3) is 0 Å². The summed E-state index contributed by atoms with van der Waals surface area (Å²) < 4.78 is 12.1. The molecule has 6 aromatic carbocycles. The number of hydrogen-bond donors (Lipinski definition) is 0. The minimum atomic E-state index is -2.03. The number of aromatic hydroxyl groups is 2. The van der Waals surface area contributed by atoms with E-state index in [2.05, 4.69) is 174 Å². The molecule has 2 N–H and O–H groups in total. The van der Waals surface area contributed by atoms with E-state index in [0.717, 1.165) is 37.5 Å². The van der Waals surface area contributed by atoms with Crippen molar-refractivity contribution in [1.29, 1.82) is 0 Å². The summed E-state index contributed by atoms with van der Waals surface area (Å²) in [6.07, 6.45) is 0.106. The minimum absolute atomic E-state index is 0.0164. The smallest absolute Gasteiger partial charge is 0.0146 e. The molecule has 15 heteroatoms. The van der Waals surface area contributed by atoms with E-state index in [1.54, 1.807) is 17.8 Å². The maximum absolute atomic E-state index is 10.7. The largest absolute Gasteiger partial charge is 0.502 e. The Morgan fingerprint density at radius 2 is 0.789 bits per heavy atom. The van der Waals surface area contributed by atoms with Crippen LogP contribution in [0.4, 0.5) is 28.4 Å². The van der Waals surface area contributed by atoms with Gasteiger partial charge >= 0.3 is 204 Å². The third-order valence-electron chi connectivity index (χ3n) is 12.8. The van der Waals surface area contributed by atoms with Crippen molar-refractivity contribution >= 4 is 76.4 Å². The van der Waals surface area contributed by atoms with Crippen LogP contribution in [0.15, 0.2) is 84.9 Å². The number of rotatable bonds is 10. The number of non-ortho nitro benzene ring substituents is 1. The molecule has 0 aromatic heterocycles. The summed E-state index contributed by atoms with van der Waals surface area (Å²) in [5.74, 6) is 1.64. The molecular formula is C61H77Cl4N5O4Ru2. The molecule has 0 atom stereocenters. The second-order valence-electron chi connectivity index (χ2n) is 20.1. The van der Waals surface area contributed by atoms with E-state index in [4.69, 9.17) is 38.8 Å². The van der Waals surface area contributed by atoms with Crippen molar-refractivity contribution in [3.8, 4) is 11.5 Å². The van der Waals surface area contributed by atoms with Crippen LogP contribution in [0.25, 0.3) is 0 Å². The summed E-state index contributed by atoms with van der Waals surface area (Å²) in [6, 6.07) is 28.8. The van der Waals surface area contributed by atoms with Crippen LogP contribution in [-0.4, -0.2) is 63.0 Å². The summed E-state index contributed by atoms with van der Waals surface area (Å²) in [7, 11) is 25.0. The fourth-order valence-corrected chi connectivity index (χ4v) is 14.0. The molecular weight excluding hydrogens is 1210 g/mol. The molecule has 8 rings (SSSR count). The molecule has 0 saturated carbocycles. The van der Waals surface area contributed by atoms with Crippen molar-refractivity contribution < 1.29 is 41.4 Å². The van der Waals surface area contributed by atoms with Crippen LogP contribution in [0.2, 0.25) is 0 Å². The van der Waals surface area contributed by atoms with E-state index < -0.39 is 32.0 Å². The molecule has 2 aliphatic heterocycles. The molecule has 76 heavy (non-hydrogen) atoms. The molecule has 414 valence electrons. The third-order valence-corrected chi connectivity index (χ3v) is 16.5. The summed E-state index contributed by atoms with van der Waals surface area (Å²) in [5.41, 5.74) is 24.6. The van der Waals surface area contributed by atoms with Crippen LogP contribution in [0.3, 0.4) is 0 Å². The number of anilines is 4. The quantitative estimate of drug-likeness (QED) is 0.0447. The van der Waals surface area contributed by atoms with Crippen molar-refractivity contribution in [3.05, 3.63) is 192 Å². The van der Waals surface area contributed by atoms with Crippen LogP contribution in [0, 0.1) is 113 Å². The fourth-order valence-electron chi connectivity index (χ4n) is 10.4. The normalized spacial score (nSPS) is 13.3. The van der Waals surface area contributed by atoms with Crippen molar-refractivity contribution in [2.75, 3.05) is 52.9 Å². The molecule has 0 aliphatic carbocycles. The van der Waals surface area contributed by atoms with Gasteiger partial charge in [0.15, 0.2) is 0 Å². The molecule has 2 heterocycles. The molecule has 0 unspecified atom stereocenters. The Morgan fingerprint density at radius 3 is 1.07 bits per heavy atom. The van der Waals surface area contributed by atoms with Crippen molar-refractivity contribution in [2.45, 2.75) is 110 Å². The number of benzene rings is 6. The first kappa shape index (κ1) is 62.5. The molecule has 0 spiro atoms. The van der Waals surface area contributed by atoms with E-state index in [0.29, 0.717) is 11.3 Å². The van der Waals surface area contributed by atoms with Gasteiger partial charge in [0.05, 0.1) is 0 Å². The first-order valence-corrected chi connectivity index (χ1v) is 36.2. The second kappa shape index (κ2) is 28.5. The van der Waals surface area contributed by atoms with Gasteiger partial charge in [-0.25, -0.2) is 0 Å². The van der Waals surface area contributed by atoms with E-state index in [1.807, 2.05) is 43.6 Å². The Bertz CT molecular complexity index is 2750. The molecule has 2 saturated heterocycles. The SMILES string of the molecule is CC(C)[OH+]c1ccc([N+](=O)[O-])cc1[CH]=[Ru]([Cl])[Cl].C[OH+]c1ccc(C)cc1[CH]=[Ru]([Cl])[Cl].Cc1cc(C)c(N2[CH-]N(c3c(C)cc(C)cc3C)CC2)c(C)c1.Cc1cc(C)c(N2[CH-]N(c3c(C)cc(C)cc3C)CC2)c(C)c1. The van der Waals surface area contributed by atoms with Gasteiger partial charge in [0.1, 0.15) is 0 Å². The summed E-state index contributed by atoms with van der Waals surface area (Å²) in [4.78, 5) is 19.9. The predicted octanol–water partition coefficient (Wildman–Crippen LogP) is 16.2. The number of aliphatic hydroxyl groups is 2. The second-order valence-corrected chi connectivity index (χ2v) is 31.6. The number of nitro groups is 1. The standard InChI is InChI=1S/2C21H27N2.C10H11NO3.C9H10O.4ClH.2Ru/c2*1-14-9-16(3)20(17(4)10-14)22-7-8-23(13-22)21-18(5)11-15(2)12-19(21)6;1-7(2)14-10-5-4-9(11(12)13)6-8(10)3;1-7-4-5-9(10-3)8(2)6-7;;;;;;/h2*9-13H,7-8H2,1-6H3;3-7H,1-2H3;2,4-6H,1,3H3;4*1H;;/q2*-1;;;;;;;2*+2/p-2. The average molecular weight is 1290 g/mol. The number of aryl methyl sites for hydroxylation is 13. The molecule has 0 radical (unpaired) electrons. The fraction of sp³-hybridized carbons (Fsp3) is 0.344. The number of nitrogens with zero attached hydrogens (tertiary/aromatic N) is 5. The van der Waals surface area contributed by atoms with E-state index in [-0.39, 0.29) is 11.8 Å². The number of ether oxygens (including phenoxy) is 2. The van der Waals surface area contributed by atoms with Gasteiger partial charge in [-0.05, 0) is 128 Å². The van der Waals surface area contributed by atoms with Crippen molar-refractivity contribution in [2.24, 2.45) is 0 Å². The molecule has 9 nitrogen and oxygen atoms in total. The van der Waals surface area contributed by atoms with Gasteiger partial charge in [-0.1, -0.05) is 70.8 Å². The maximum Gasteiger partial charge on any atom is 0.0146 e. The Kier molecular flexibility index (Phi) is 23.5. The summed E-state index contributed by atoms with van der Waals surface area (Å²) in [5, 5.41) is 10.7. The Hall–Kier alpha value is -4.33. The van der Waals surface area contributed by atoms with Gasteiger partial charge in [-0.15, -0.1) is 0 Å². The van der Waals surface area contributed by atoms with Crippen molar-refractivity contribution in [1.82, 2.24) is 0 Å². The molecule has 0 bridgehead atoms. The zero-order chi connectivity index (χ0) is 56.3. The van der Waals surface area contributed by atoms with E-state index in [1.165, 1.54) is 107 Å². The monoisotopic (exact) mass is 1290 g/mol. The van der Waals surface area contributed by atoms with Gasteiger partial charge in [0, 0.05) is 48.9 Å². The average Bonchev–Trinajstić information content (AvgIpc) is 3.96. The van der Waals surface area contributed by atoms with Crippen LogP contribution >= 0.6 is 38.8 Å². The van der Waals surface area contributed by atoms with Crippen molar-refractivity contribution in [3.63, 3.8) is 0 Å². The topological polar surface area (TPSA) is 81.7 Å². The number of hydrogen-bond acceptors (Lipinski definition) is 6. The Labute approximate surface area is 480 Å². The first-order chi connectivity index (χ1) is 35.8. The van der Waals surface area contributed by atoms with Gasteiger partial charge in [-0.2, -0.15) is 13.3 Å². The molecule has 2 fully saturated rings. The molecule has 2 aliphatic rings. The van der Waals surface area contributed by atoms with E-state index >= 15 is 0 Å². The summed E-state index contributed by atoms with van der Waals surface area (Å²) in [6.45, 7) is 41.0. The van der Waals surface area contributed by atoms with Crippen LogP contribution in [0.5, 0.6) is 11.5 Å². The minimum Gasteiger partial charge on any atom is -0.502 e. The zero-order valence-electron chi connectivity index (χ0n) is 47.0. The Balaban J connectivity index is 0.000000192. The molecule has 0 amide bonds. The molecule has 6 aromatic rings. The zero-order valence-corrected chi connectivity index (χ0v) is 53.5. The number of halogens is 4. The predicted molar refractivity (Wildman–Crippen MR) is 323 cm³/mol. The van der Waals surface area contributed by atoms with Crippen LogP contribution in [-0.2, 0) is 27.0 Å². The van der Waals surface area contributed by atoms with Gasteiger partial charge in [-0.3, -0.25) is 0 Å². The maximum atomic E-state index is 10.7. The van der Waals surface area contributed by atoms with Crippen LogP contribution < -0.4 is 19.6 Å². The summed E-state index contributed by atoms with van der Waals surface area (Å²) >= 11 is -3.77. The third kappa shape index (κ3) is 17.3. The van der Waals surface area contributed by atoms with Gasteiger partial charge < -0.3 is 19.6 Å². The van der Waals surface area contributed by atoms with Crippen LogP contribution in [0.1, 0.15) is 97.3 Å².